The predicted molar refractivity (Wildman–Crippen MR) is 87.6 cm³/mol. The van der Waals surface area contributed by atoms with E-state index in [0.29, 0.717) is 0 Å². The Morgan fingerprint density at radius 1 is 0.962 bits per heavy atom. The van der Waals surface area contributed by atoms with E-state index in [2.05, 4.69) is 5.32 Å². The standard InChI is InChI=1S/C18H22FNO6/c1-17(2)23-11-12(24-17)14-16(26-18(3,4)25-14)22-13(11)15(21)20-10-8-6-5-7-9(10)19/h5-8,11-14,16H,1-4H3,(H,20,21)/t11-,12+,13-,14-,16+/m1/s1. The number of rotatable bonds is 2. The van der Waals surface area contributed by atoms with Crippen LogP contribution in [0.5, 0.6) is 0 Å². The highest BCUT2D eigenvalue weighted by molar-refractivity contribution is 5.95. The van der Waals surface area contributed by atoms with E-state index in [4.69, 9.17) is 23.7 Å². The third kappa shape index (κ3) is 3.12. The highest BCUT2D eigenvalue weighted by atomic mass is 19.1. The normalized spacial score (nSPS) is 37.0. The lowest BCUT2D eigenvalue weighted by molar-refractivity contribution is -0.229. The molecule has 3 fully saturated rings. The zero-order valence-corrected chi connectivity index (χ0v) is 15.0. The number of para-hydroxylation sites is 1. The largest absolute Gasteiger partial charge is 0.342 e. The van der Waals surface area contributed by atoms with Crippen molar-refractivity contribution in [1.29, 1.82) is 0 Å². The second-order valence-electron chi connectivity index (χ2n) is 7.56. The van der Waals surface area contributed by atoms with Crippen molar-refractivity contribution in [1.82, 2.24) is 0 Å². The molecule has 1 amide bonds. The maximum atomic E-state index is 13.9. The number of hydrogen-bond donors (Lipinski definition) is 1. The molecule has 1 aromatic carbocycles. The van der Waals surface area contributed by atoms with Crippen molar-refractivity contribution < 1.29 is 32.9 Å². The molecule has 4 rings (SSSR count). The first-order chi connectivity index (χ1) is 12.2. The molecule has 26 heavy (non-hydrogen) atoms. The zero-order valence-electron chi connectivity index (χ0n) is 15.0. The van der Waals surface area contributed by atoms with Gasteiger partial charge in [0.15, 0.2) is 24.0 Å². The Morgan fingerprint density at radius 3 is 2.31 bits per heavy atom. The van der Waals surface area contributed by atoms with Crippen molar-refractivity contribution >= 4 is 11.6 Å². The first-order valence-electron chi connectivity index (χ1n) is 8.57. The molecule has 142 valence electrons. The average Bonchev–Trinajstić information content (AvgIpc) is 3.02. The summed E-state index contributed by atoms with van der Waals surface area (Å²) in [5.74, 6) is -2.83. The molecule has 3 aliphatic heterocycles. The quantitative estimate of drug-likeness (QED) is 0.863. The summed E-state index contributed by atoms with van der Waals surface area (Å²) in [4.78, 5) is 12.8. The molecule has 7 nitrogen and oxygen atoms in total. The van der Waals surface area contributed by atoms with Crippen LogP contribution < -0.4 is 5.32 Å². The van der Waals surface area contributed by atoms with Gasteiger partial charge in [0.25, 0.3) is 5.91 Å². The van der Waals surface area contributed by atoms with Gasteiger partial charge < -0.3 is 29.0 Å². The van der Waals surface area contributed by atoms with E-state index in [1.807, 2.05) is 0 Å². The van der Waals surface area contributed by atoms with Gasteiger partial charge in [-0.25, -0.2) is 4.39 Å². The van der Waals surface area contributed by atoms with Crippen molar-refractivity contribution in [2.45, 2.75) is 70.0 Å². The van der Waals surface area contributed by atoms with Crippen LogP contribution in [0, 0.1) is 5.82 Å². The molecule has 5 atom stereocenters. The number of benzene rings is 1. The minimum absolute atomic E-state index is 0.0712. The van der Waals surface area contributed by atoms with E-state index < -0.39 is 54.0 Å². The van der Waals surface area contributed by atoms with Crippen LogP contribution in [0.4, 0.5) is 10.1 Å². The summed E-state index contributed by atoms with van der Waals surface area (Å²) >= 11 is 0. The van der Waals surface area contributed by atoms with Gasteiger partial charge in [-0.2, -0.15) is 0 Å². The lowest BCUT2D eigenvalue weighted by Gasteiger charge is -2.36. The van der Waals surface area contributed by atoms with Gasteiger partial charge in [-0.05, 0) is 39.8 Å². The number of ether oxygens (including phenoxy) is 5. The average molecular weight is 367 g/mol. The van der Waals surface area contributed by atoms with Crippen LogP contribution in [0.2, 0.25) is 0 Å². The molecule has 0 aliphatic carbocycles. The smallest absolute Gasteiger partial charge is 0.256 e. The van der Waals surface area contributed by atoms with Gasteiger partial charge in [-0.3, -0.25) is 4.79 Å². The lowest BCUT2D eigenvalue weighted by atomic mass is 9.98. The summed E-state index contributed by atoms with van der Waals surface area (Å²) in [5, 5.41) is 2.55. The molecule has 0 spiro atoms. The molecule has 1 N–H and O–H groups in total. The molecule has 3 saturated heterocycles. The van der Waals surface area contributed by atoms with E-state index in [-0.39, 0.29) is 5.69 Å². The van der Waals surface area contributed by atoms with Crippen LogP contribution in [-0.4, -0.2) is 48.2 Å². The van der Waals surface area contributed by atoms with Crippen LogP contribution in [0.1, 0.15) is 27.7 Å². The highest BCUT2D eigenvalue weighted by Crippen LogP contribution is 2.44. The number of anilines is 1. The van der Waals surface area contributed by atoms with Crippen molar-refractivity contribution in [2.24, 2.45) is 0 Å². The number of amides is 1. The Bertz CT molecular complexity index is 723. The fourth-order valence-electron chi connectivity index (χ4n) is 3.59. The Balaban J connectivity index is 1.59. The Labute approximate surface area is 150 Å². The second kappa shape index (κ2) is 5.97. The number of hydrogen-bond acceptors (Lipinski definition) is 6. The topological polar surface area (TPSA) is 75.3 Å². The van der Waals surface area contributed by atoms with Gasteiger partial charge in [-0.15, -0.1) is 0 Å². The molecule has 3 aliphatic rings. The molecule has 0 saturated carbocycles. The molecule has 0 unspecified atom stereocenters. The van der Waals surface area contributed by atoms with E-state index in [1.54, 1.807) is 39.8 Å². The fraction of sp³-hybridized carbons (Fsp3) is 0.611. The summed E-state index contributed by atoms with van der Waals surface area (Å²) in [6.07, 6.45) is -3.56. The molecule has 0 bridgehead atoms. The molecule has 3 heterocycles. The Morgan fingerprint density at radius 2 is 1.58 bits per heavy atom. The second-order valence-corrected chi connectivity index (χ2v) is 7.56. The summed E-state index contributed by atoms with van der Waals surface area (Å²) in [7, 11) is 0. The van der Waals surface area contributed by atoms with Crippen molar-refractivity contribution in [3.05, 3.63) is 30.1 Å². The molecule has 0 radical (unpaired) electrons. The van der Waals surface area contributed by atoms with Gasteiger partial charge in [0.1, 0.15) is 24.1 Å². The third-order valence-electron chi connectivity index (χ3n) is 4.54. The van der Waals surface area contributed by atoms with Gasteiger partial charge in [-0.1, -0.05) is 12.1 Å². The van der Waals surface area contributed by atoms with E-state index in [9.17, 15) is 9.18 Å². The van der Waals surface area contributed by atoms with Crippen LogP contribution >= 0.6 is 0 Å². The lowest BCUT2D eigenvalue weighted by Crippen LogP contribution is -2.58. The molecular weight excluding hydrogens is 345 g/mol. The molecular formula is C18H22FNO6. The number of carbonyl (C=O) groups excluding carboxylic acids is 1. The maximum Gasteiger partial charge on any atom is 0.256 e. The van der Waals surface area contributed by atoms with Crippen LogP contribution in [0.15, 0.2) is 24.3 Å². The molecule has 1 aromatic rings. The number of fused-ring (bicyclic) bond motifs is 3. The Hall–Kier alpha value is -1.58. The fourth-order valence-corrected chi connectivity index (χ4v) is 3.59. The van der Waals surface area contributed by atoms with Crippen molar-refractivity contribution in [3.63, 3.8) is 0 Å². The maximum absolute atomic E-state index is 13.9. The first-order valence-corrected chi connectivity index (χ1v) is 8.57. The molecule has 8 heteroatoms. The Kier molecular flexibility index (Phi) is 4.09. The minimum atomic E-state index is -1.03. The summed E-state index contributed by atoms with van der Waals surface area (Å²) < 4.78 is 43.2. The number of nitrogens with one attached hydrogen (secondary N) is 1. The highest BCUT2D eigenvalue weighted by Gasteiger charge is 2.62. The van der Waals surface area contributed by atoms with Gasteiger partial charge in [0.05, 0.1) is 5.69 Å². The summed E-state index contributed by atoms with van der Waals surface area (Å²) in [6, 6.07) is 5.93. The SMILES string of the molecule is CC1(C)O[C@H]2[C@@H](O1)[C@H](C(=O)Nc1ccccc1F)O[C@H]1OC(C)(C)O[C@@H]12. The predicted octanol–water partition coefficient (Wildman–Crippen LogP) is 2.16. The van der Waals surface area contributed by atoms with E-state index >= 15 is 0 Å². The van der Waals surface area contributed by atoms with Gasteiger partial charge in [0.2, 0.25) is 0 Å². The van der Waals surface area contributed by atoms with Crippen molar-refractivity contribution in [2.75, 3.05) is 5.32 Å². The zero-order chi connectivity index (χ0) is 18.7. The van der Waals surface area contributed by atoms with E-state index in [1.165, 1.54) is 12.1 Å². The molecule has 0 aromatic heterocycles. The number of halogens is 1. The monoisotopic (exact) mass is 367 g/mol. The van der Waals surface area contributed by atoms with Crippen LogP contribution in [0.3, 0.4) is 0 Å². The minimum Gasteiger partial charge on any atom is -0.342 e. The van der Waals surface area contributed by atoms with Crippen LogP contribution in [-0.2, 0) is 28.5 Å². The number of carbonyl (C=O) groups is 1. The van der Waals surface area contributed by atoms with Crippen LogP contribution in [0.25, 0.3) is 0 Å². The first kappa shape index (κ1) is 17.8. The van der Waals surface area contributed by atoms with Gasteiger partial charge in [0, 0.05) is 0 Å². The van der Waals surface area contributed by atoms with E-state index in [0.717, 1.165) is 0 Å². The van der Waals surface area contributed by atoms with Crippen molar-refractivity contribution in [3.8, 4) is 0 Å². The van der Waals surface area contributed by atoms with Gasteiger partial charge >= 0.3 is 0 Å². The summed E-state index contributed by atoms with van der Waals surface area (Å²) in [5.41, 5.74) is 0.0712. The third-order valence-corrected chi connectivity index (χ3v) is 4.54. The summed E-state index contributed by atoms with van der Waals surface area (Å²) in [6.45, 7) is 7.04.